The molecule has 1 aliphatic heterocycles. The minimum atomic E-state index is -1.22. The number of benzene rings is 1. The molecule has 1 aliphatic rings. The molecule has 1 saturated heterocycles. The lowest BCUT2D eigenvalue weighted by Crippen LogP contribution is -2.51. The first kappa shape index (κ1) is 13.3. The Labute approximate surface area is 110 Å². The van der Waals surface area contributed by atoms with Crippen molar-refractivity contribution in [1.29, 1.82) is 0 Å². The molecule has 5 heteroatoms. The van der Waals surface area contributed by atoms with E-state index in [1.165, 1.54) is 11.8 Å². The lowest BCUT2D eigenvalue weighted by atomic mass is 9.85. The van der Waals surface area contributed by atoms with Crippen LogP contribution in [0.3, 0.4) is 0 Å². The summed E-state index contributed by atoms with van der Waals surface area (Å²) in [7, 11) is 0. The quantitative estimate of drug-likeness (QED) is 0.821. The van der Waals surface area contributed by atoms with Gasteiger partial charge in [-0.2, -0.15) is 0 Å². The highest BCUT2D eigenvalue weighted by Crippen LogP contribution is 2.23. The van der Waals surface area contributed by atoms with Gasteiger partial charge in [-0.3, -0.25) is 14.4 Å². The molecule has 0 bridgehead atoms. The summed E-state index contributed by atoms with van der Waals surface area (Å²) in [6, 6.07) is 9.32. The number of piperidine rings is 1. The fraction of sp³-hybridized carbons (Fsp3) is 0.357. The zero-order valence-corrected chi connectivity index (χ0v) is 10.6. The highest BCUT2D eigenvalue weighted by Gasteiger charge is 2.43. The molecule has 1 aromatic carbocycles. The highest BCUT2D eigenvalue weighted by molar-refractivity contribution is 6.06. The van der Waals surface area contributed by atoms with E-state index in [1.807, 2.05) is 30.3 Å². The maximum atomic E-state index is 12.1. The molecule has 19 heavy (non-hydrogen) atoms. The van der Waals surface area contributed by atoms with Crippen molar-refractivity contribution < 1.29 is 19.5 Å². The van der Waals surface area contributed by atoms with Crippen LogP contribution in [0.1, 0.15) is 12.5 Å². The molecule has 1 fully saturated rings. The summed E-state index contributed by atoms with van der Waals surface area (Å²) in [6.07, 6.45) is 0. The molecule has 2 unspecified atom stereocenters. The number of nitrogens with zero attached hydrogens (tertiary/aromatic N) is 1. The van der Waals surface area contributed by atoms with E-state index in [9.17, 15) is 14.4 Å². The summed E-state index contributed by atoms with van der Waals surface area (Å²) < 4.78 is 0. The number of hydrogen-bond acceptors (Lipinski definition) is 3. The molecule has 1 heterocycles. The molecule has 0 saturated carbocycles. The lowest BCUT2D eigenvalue weighted by molar-refractivity contribution is -0.160. The van der Waals surface area contributed by atoms with Gasteiger partial charge in [0.05, 0.1) is 12.5 Å². The van der Waals surface area contributed by atoms with Crippen molar-refractivity contribution in [1.82, 2.24) is 4.90 Å². The number of likely N-dealkylation sites (tertiary alicyclic amines) is 1. The van der Waals surface area contributed by atoms with Crippen LogP contribution in [-0.2, 0) is 20.9 Å². The second-order valence-electron chi connectivity index (χ2n) is 4.75. The number of amides is 1. The number of hydrogen-bond donors (Lipinski definition) is 1. The number of carboxylic acid groups (broad SMARTS) is 1. The predicted octanol–water partition coefficient (Wildman–Crippen LogP) is 0.935. The topological polar surface area (TPSA) is 74.7 Å². The van der Waals surface area contributed by atoms with Crippen molar-refractivity contribution >= 4 is 17.7 Å². The van der Waals surface area contributed by atoms with Gasteiger partial charge in [-0.1, -0.05) is 37.3 Å². The molecule has 5 nitrogen and oxygen atoms in total. The molecule has 2 atom stereocenters. The van der Waals surface area contributed by atoms with E-state index < -0.39 is 23.6 Å². The number of Topliss-reactive ketones (excluding diaryl/α,β-unsaturated/α-hetero) is 1. The van der Waals surface area contributed by atoms with E-state index in [0.29, 0.717) is 6.54 Å². The number of carbonyl (C=O) groups is 3. The Morgan fingerprint density at radius 3 is 2.53 bits per heavy atom. The van der Waals surface area contributed by atoms with Gasteiger partial charge in [-0.25, -0.2) is 0 Å². The van der Waals surface area contributed by atoms with E-state index in [4.69, 9.17) is 5.11 Å². The molecular formula is C14H15NO4. The summed E-state index contributed by atoms with van der Waals surface area (Å²) in [4.78, 5) is 36.3. The van der Waals surface area contributed by atoms with Crippen molar-refractivity contribution in [3.63, 3.8) is 0 Å². The standard InChI is InChI=1S/C14H15NO4/c1-9-12(14(18)19)11(16)8-15(13(9)17)7-10-5-3-2-4-6-10/h2-6,9,12H,7-8H2,1H3,(H,18,19). The zero-order chi connectivity index (χ0) is 14.0. The van der Waals surface area contributed by atoms with E-state index in [0.717, 1.165) is 5.56 Å². The number of carboxylic acids is 1. The molecule has 2 rings (SSSR count). The summed E-state index contributed by atoms with van der Waals surface area (Å²) in [5.41, 5.74) is 0.921. The summed E-state index contributed by atoms with van der Waals surface area (Å²) >= 11 is 0. The SMILES string of the molecule is CC1C(=O)N(Cc2ccccc2)CC(=O)C1C(=O)O. The Morgan fingerprint density at radius 1 is 1.32 bits per heavy atom. The predicted molar refractivity (Wildman–Crippen MR) is 67.2 cm³/mol. The molecule has 100 valence electrons. The van der Waals surface area contributed by atoms with Gasteiger partial charge in [0, 0.05) is 6.54 Å². The summed E-state index contributed by atoms with van der Waals surface area (Å²) in [6.45, 7) is 1.70. The van der Waals surface area contributed by atoms with Gasteiger partial charge in [0.15, 0.2) is 5.78 Å². The molecule has 0 radical (unpaired) electrons. The minimum Gasteiger partial charge on any atom is -0.481 e. The number of aliphatic carboxylic acids is 1. The third-order valence-corrected chi connectivity index (χ3v) is 3.38. The van der Waals surface area contributed by atoms with E-state index >= 15 is 0 Å². The maximum Gasteiger partial charge on any atom is 0.314 e. The van der Waals surface area contributed by atoms with Crippen LogP contribution >= 0.6 is 0 Å². The smallest absolute Gasteiger partial charge is 0.314 e. The van der Waals surface area contributed by atoms with Crippen LogP contribution in [0, 0.1) is 11.8 Å². The Hall–Kier alpha value is -2.17. The fourth-order valence-corrected chi connectivity index (χ4v) is 2.36. The molecule has 1 N–H and O–H groups in total. The maximum absolute atomic E-state index is 12.1. The van der Waals surface area contributed by atoms with Crippen LogP contribution in [0.4, 0.5) is 0 Å². The van der Waals surface area contributed by atoms with Crippen LogP contribution in [0.5, 0.6) is 0 Å². The van der Waals surface area contributed by atoms with Crippen molar-refractivity contribution in [2.24, 2.45) is 11.8 Å². The second kappa shape index (κ2) is 5.22. The summed E-state index contributed by atoms with van der Waals surface area (Å²) in [5.74, 6) is -3.92. The zero-order valence-electron chi connectivity index (χ0n) is 10.6. The number of rotatable bonds is 3. The van der Waals surface area contributed by atoms with E-state index in [2.05, 4.69) is 0 Å². The van der Waals surface area contributed by atoms with Crippen molar-refractivity contribution in [2.75, 3.05) is 6.54 Å². The Bertz CT molecular complexity index is 511. The molecule has 1 amide bonds. The normalized spacial score (nSPS) is 23.5. The van der Waals surface area contributed by atoms with Crippen LogP contribution in [0.25, 0.3) is 0 Å². The van der Waals surface area contributed by atoms with Crippen molar-refractivity contribution in [2.45, 2.75) is 13.5 Å². The van der Waals surface area contributed by atoms with Crippen molar-refractivity contribution in [3.05, 3.63) is 35.9 Å². The first-order valence-corrected chi connectivity index (χ1v) is 6.09. The molecule has 1 aromatic rings. The van der Waals surface area contributed by atoms with Gasteiger partial charge in [0.1, 0.15) is 5.92 Å². The van der Waals surface area contributed by atoms with Gasteiger partial charge < -0.3 is 10.0 Å². The number of carbonyl (C=O) groups excluding carboxylic acids is 2. The monoisotopic (exact) mass is 261 g/mol. The average molecular weight is 261 g/mol. The highest BCUT2D eigenvalue weighted by atomic mass is 16.4. The first-order valence-electron chi connectivity index (χ1n) is 6.09. The number of ketones is 1. The fourth-order valence-electron chi connectivity index (χ4n) is 2.36. The second-order valence-corrected chi connectivity index (χ2v) is 4.75. The Morgan fingerprint density at radius 2 is 1.95 bits per heavy atom. The third-order valence-electron chi connectivity index (χ3n) is 3.38. The third kappa shape index (κ3) is 2.65. The average Bonchev–Trinajstić information content (AvgIpc) is 2.36. The molecule has 0 aromatic heterocycles. The van der Waals surface area contributed by atoms with Gasteiger partial charge in [-0.05, 0) is 5.56 Å². The Kier molecular flexibility index (Phi) is 3.64. The van der Waals surface area contributed by atoms with Gasteiger partial charge in [0.25, 0.3) is 0 Å². The van der Waals surface area contributed by atoms with Crippen LogP contribution in [0.15, 0.2) is 30.3 Å². The van der Waals surface area contributed by atoms with E-state index in [-0.39, 0.29) is 12.5 Å². The first-order chi connectivity index (χ1) is 9.00. The lowest BCUT2D eigenvalue weighted by Gasteiger charge is -2.33. The van der Waals surface area contributed by atoms with Gasteiger partial charge >= 0.3 is 5.97 Å². The van der Waals surface area contributed by atoms with Gasteiger partial charge in [0.2, 0.25) is 5.91 Å². The van der Waals surface area contributed by atoms with Crippen LogP contribution in [0.2, 0.25) is 0 Å². The summed E-state index contributed by atoms with van der Waals surface area (Å²) in [5, 5.41) is 8.98. The molecular weight excluding hydrogens is 246 g/mol. The van der Waals surface area contributed by atoms with Crippen molar-refractivity contribution in [3.8, 4) is 0 Å². The van der Waals surface area contributed by atoms with Crippen LogP contribution < -0.4 is 0 Å². The van der Waals surface area contributed by atoms with Crippen LogP contribution in [-0.4, -0.2) is 34.2 Å². The Balaban J connectivity index is 2.15. The largest absolute Gasteiger partial charge is 0.481 e. The molecule has 0 aliphatic carbocycles. The van der Waals surface area contributed by atoms with Gasteiger partial charge in [-0.15, -0.1) is 0 Å². The minimum absolute atomic E-state index is 0.130. The molecule has 0 spiro atoms. The van der Waals surface area contributed by atoms with E-state index in [1.54, 1.807) is 0 Å².